The van der Waals surface area contributed by atoms with Crippen molar-refractivity contribution in [3.63, 3.8) is 0 Å². The van der Waals surface area contributed by atoms with E-state index in [2.05, 4.69) is 208 Å². The second-order valence-corrected chi connectivity index (χ2v) is 18.2. The van der Waals surface area contributed by atoms with Gasteiger partial charge in [0.1, 0.15) is 6.61 Å². The lowest BCUT2D eigenvalue weighted by Gasteiger charge is -2.15. The van der Waals surface area contributed by atoms with Gasteiger partial charge in [0.25, 0.3) is 0 Å². The lowest BCUT2D eigenvalue weighted by Crippen LogP contribution is -2.28. The van der Waals surface area contributed by atoms with E-state index in [1.807, 2.05) is 0 Å². The molecule has 0 aliphatic rings. The van der Waals surface area contributed by atoms with Gasteiger partial charge in [0.2, 0.25) is 0 Å². The maximum Gasteiger partial charge on any atom is 0.306 e. The molecule has 0 aromatic rings. The molecule has 0 saturated carbocycles. The normalized spacial score (nSPS) is 13.7. The molecule has 0 saturated heterocycles. The predicted molar refractivity (Wildman–Crippen MR) is 324 cm³/mol. The maximum absolute atomic E-state index is 12.3. The van der Waals surface area contributed by atoms with Crippen LogP contribution in [-0.2, 0) is 19.1 Å². The van der Waals surface area contributed by atoms with E-state index in [-0.39, 0.29) is 25.2 Å². The van der Waals surface area contributed by atoms with Crippen LogP contribution in [0.25, 0.3) is 0 Å². The van der Waals surface area contributed by atoms with Crippen LogP contribution in [0.2, 0.25) is 0 Å². The average Bonchev–Trinajstić information content (AvgIpc) is 3.40. The lowest BCUT2D eigenvalue weighted by molar-refractivity contribution is -0.161. The zero-order chi connectivity index (χ0) is 53.4. The van der Waals surface area contributed by atoms with Gasteiger partial charge in [0, 0.05) is 12.8 Å². The Bertz CT molecular complexity index is 1760. The Kier molecular flexibility index (Phi) is 57.6. The van der Waals surface area contributed by atoms with Gasteiger partial charge in [-0.15, -0.1) is 0 Å². The van der Waals surface area contributed by atoms with Crippen molar-refractivity contribution in [2.75, 3.05) is 13.2 Å². The predicted octanol–water partition coefficient (Wildman–Crippen LogP) is 20.1. The Morgan fingerprint density at radius 3 is 0.811 bits per heavy atom. The molecule has 0 heterocycles. The quantitative estimate of drug-likeness (QED) is 0.0373. The molecule has 0 aliphatic carbocycles. The highest BCUT2D eigenvalue weighted by Crippen LogP contribution is 2.12. The van der Waals surface area contributed by atoms with Gasteiger partial charge in [0.05, 0.1) is 6.61 Å². The van der Waals surface area contributed by atoms with E-state index >= 15 is 0 Å². The fraction of sp³-hybridized carbons (Fsp3) is 0.507. The molecule has 1 unspecified atom stereocenters. The summed E-state index contributed by atoms with van der Waals surface area (Å²) in [5, 5.41) is 9.64. The highest BCUT2D eigenvalue weighted by Gasteiger charge is 2.16. The average molecular weight is 1010 g/mol. The number of aliphatic hydroxyl groups is 1. The third kappa shape index (κ3) is 59.3. The van der Waals surface area contributed by atoms with Gasteiger partial charge in [-0.05, 0) is 141 Å². The minimum atomic E-state index is -0.808. The van der Waals surface area contributed by atoms with Gasteiger partial charge in [-0.1, -0.05) is 247 Å². The monoisotopic (exact) mass is 1010 g/mol. The van der Waals surface area contributed by atoms with Crippen LogP contribution >= 0.6 is 0 Å². The summed E-state index contributed by atoms with van der Waals surface area (Å²) in [5.74, 6) is -0.653. The first-order valence-electron chi connectivity index (χ1n) is 29.0. The molecule has 0 spiro atoms. The number of carbonyl (C=O) groups excluding carboxylic acids is 2. The minimum absolute atomic E-state index is 0.0972. The van der Waals surface area contributed by atoms with Gasteiger partial charge in [-0.3, -0.25) is 9.59 Å². The second-order valence-electron chi connectivity index (χ2n) is 18.2. The van der Waals surface area contributed by atoms with Gasteiger partial charge >= 0.3 is 11.9 Å². The number of allylic oxidation sites excluding steroid dienone is 32. The summed E-state index contributed by atoms with van der Waals surface area (Å²) in [6, 6.07) is 0. The van der Waals surface area contributed by atoms with E-state index in [4.69, 9.17) is 9.47 Å². The van der Waals surface area contributed by atoms with Crippen molar-refractivity contribution in [2.24, 2.45) is 0 Å². The number of hydrogen-bond donors (Lipinski definition) is 1. The van der Waals surface area contributed by atoms with E-state index in [0.29, 0.717) is 12.8 Å². The second kappa shape index (κ2) is 62.0. The minimum Gasteiger partial charge on any atom is -0.462 e. The summed E-state index contributed by atoms with van der Waals surface area (Å²) >= 11 is 0. The van der Waals surface area contributed by atoms with Gasteiger partial charge in [-0.25, -0.2) is 0 Å². The number of carbonyl (C=O) groups is 2. The van der Waals surface area contributed by atoms with Crippen molar-refractivity contribution in [3.8, 4) is 0 Å². The Morgan fingerprint density at radius 1 is 0.311 bits per heavy atom. The van der Waals surface area contributed by atoms with Crippen LogP contribution in [0.3, 0.4) is 0 Å². The first-order chi connectivity index (χ1) is 36.6. The van der Waals surface area contributed by atoms with Crippen LogP contribution in [0.15, 0.2) is 194 Å². The molecule has 0 radical (unpaired) electrons. The fourth-order valence-electron chi connectivity index (χ4n) is 7.11. The first kappa shape index (κ1) is 68.7. The highest BCUT2D eigenvalue weighted by atomic mass is 16.6. The molecule has 1 atom stereocenters. The Balaban J connectivity index is 3.70. The van der Waals surface area contributed by atoms with Crippen LogP contribution < -0.4 is 0 Å². The summed E-state index contributed by atoms with van der Waals surface area (Å²) in [6.45, 7) is 3.86. The maximum atomic E-state index is 12.3. The van der Waals surface area contributed by atoms with Crippen molar-refractivity contribution >= 4 is 11.9 Å². The standard InChI is InChI=1S/C69H104O5/c1-3-5-7-9-11-13-15-17-19-21-23-24-25-26-27-28-29-30-31-32-33-34-35-36-37-38-39-40-41-42-43-44-46-48-50-52-54-56-58-60-62-64-69(72)74-67(65-70)66-73-68(71)63-61-59-57-55-53-51-49-47-45-22-20-18-16-14-12-10-8-6-4-2/h5-8,11-14,17-20,23-24,26-27,29-30,32-33,35-36,38-39,41-42,44-47,50,52,67,70H,3-4,9-10,15-16,21-22,25,28,31,34,37,40,43,48-49,51,53-66H2,1-2H3/b7-5-,8-6-,13-11-,14-12-,19-17-,20-18-,24-23-,27-26-,30-29-,33-32-,36-35-,39-38-,42-41-,46-44-,47-45-,52-50-. The van der Waals surface area contributed by atoms with E-state index < -0.39 is 6.10 Å². The Hall–Kier alpha value is -5.26. The molecule has 0 bridgehead atoms. The van der Waals surface area contributed by atoms with Crippen LogP contribution in [-0.4, -0.2) is 36.4 Å². The van der Waals surface area contributed by atoms with E-state index in [1.54, 1.807) is 0 Å². The molecular weight excluding hydrogens is 909 g/mol. The number of unbranched alkanes of at least 4 members (excludes halogenated alkanes) is 10. The zero-order valence-corrected chi connectivity index (χ0v) is 46.8. The lowest BCUT2D eigenvalue weighted by atomic mass is 10.1. The number of hydrogen-bond acceptors (Lipinski definition) is 5. The zero-order valence-electron chi connectivity index (χ0n) is 46.8. The van der Waals surface area contributed by atoms with Crippen molar-refractivity contribution in [1.82, 2.24) is 0 Å². The number of rotatable bonds is 50. The third-order valence-electron chi connectivity index (χ3n) is 11.4. The molecular formula is C69H104O5. The van der Waals surface area contributed by atoms with Crippen LogP contribution in [0, 0.1) is 0 Å². The molecule has 0 aromatic heterocycles. The van der Waals surface area contributed by atoms with Gasteiger partial charge in [0.15, 0.2) is 6.10 Å². The molecule has 5 heteroatoms. The molecule has 0 aliphatic heterocycles. The number of ether oxygens (including phenoxy) is 2. The molecule has 0 aromatic carbocycles. The van der Waals surface area contributed by atoms with Crippen molar-refractivity contribution in [1.29, 1.82) is 0 Å². The fourth-order valence-corrected chi connectivity index (χ4v) is 7.11. The van der Waals surface area contributed by atoms with E-state index in [9.17, 15) is 14.7 Å². The van der Waals surface area contributed by atoms with Crippen LogP contribution in [0.1, 0.15) is 206 Å². The molecule has 0 fully saturated rings. The molecule has 74 heavy (non-hydrogen) atoms. The van der Waals surface area contributed by atoms with E-state index in [0.717, 1.165) is 161 Å². The Labute approximate surface area is 454 Å². The number of esters is 2. The molecule has 0 amide bonds. The number of aliphatic hydroxyl groups excluding tert-OH is 1. The Morgan fingerprint density at radius 2 is 0.541 bits per heavy atom. The van der Waals surface area contributed by atoms with Crippen LogP contribution in [0.4, 0.5) is 0 Å². The van der Waals surface area contributed by atoms with Crippen molar-refractivity contribution < 1.29 is 24.2 Å². The topological polar surface area (TPSA) is 72.8 Å². The van der Waals surface area contributed by atoms with Crippen LogP contribution in [0.5, 0.6) is 0 Å². The molecule has 410 valence electrons. The summed E-state index contributed by atoms with van der Waals surface area (Å²) in [4.78, 5) is 24.5. The smallest absolute Gasteiger partial charge is 0.306 e. The largest absolute Gasteiger partial charge is 0.462 e. The summed E-state index contributed by atoms with van der Waals surface area (Å²) in [7, 11) is 0. The highest BCUT2D eigenvalue weighted by molar-refractivity contribution is 5.70. The van der Waals surface area contributed by atoms with Gasteiger partial charge < -0.3 is 14.6 Å². The third-order valence-corrected chi connectivity index (χ3v) is 11.4. The SMILES string of the molecule is CC/C=C\C/C=C\C/C=C\C/C=C\C/C=C\C/C=C\C/C=C\C/C=C\C/C=C\C/C=C\C/C=C\C/C=C\CCCCCCC(=O)OC(CO)COC(=O)CCCCCCCC/C=C\C/C=C\C/C=C\C/C=C\CC. The summed E-state index contributed by atoms with van der Waals surface area (Å²) in [5.41, 5.74) is 0. The summed E-state index contributed by atoms with van der Waals surface area (Å²) in [6.07, 6.45) is 99.7. The molecule has 5 nitrogen and oxygen atoms in total. The van der Waals surface area contributed by atoms with Gasteiger partial charge in [-0.2, -0.15) is 0 Å². The van der Waals surface area contributed by atoms with E-state index in [1.165, 1.54) is 19.3 Å². The van der Waals surface area contributed by atoms with Crippen molar-refractivity contribution in [2.45, 2.75) is 213 Å². The first-order valence-corrected chi connectivity index (χ1v) is 29.0. The molecule has 1 N–H and O–H groups in total. The summed E-state index contributed by atoms with van der Waals surface area (Å²) < 4.78 is 10.7. The molecule has 0 rings (SSSR count). The van der Waals surface area contributed by atoms with Crippen molar-refractivity contribution in [3.05, 3.63) is 194 Å².